The van der Waals surface area contributed by atoms with Crippen molar-refractivity contribution < 1.29 is 27.9 Å². The summed E-state index contributed by atoms with van der Waals surface area (Å²) in [4.78, 5) is 31.0. The van der Waals surface area contributed by atoms with E-state index in [0.717, 1.165) is 23.8 Å². The van der Waals surface area contributed by atoms with Gasteiger partial charge in [-0.05, 0) is 81.5 Å². The molecule has 0 unspecified atom stereocenters. The number of benzene rings is 1. The standard InChI is InChI=1S/C26H36N4O.C2HF3O2/c1-20(2)17-28-26(31)23-8-9-25(27-18-23)22-7-5-6-21(16-22)19-29-14-10-24(11-15-29)30-12-3-4-13-30;3-2(4,5)1(6)7/h5-9,16,18,20,24H,3-4,10-15,17,19H2,1-2H3,(H,28,31);(H,6,7). The van der Waals surface area contributed by atoms with Crippen LogP contribution in [0.25, 0.3) is 11.3 Å². The van der Waals surface area contributed by atoms with Gasteiger partial charge in [-0.1, -0.05) is 32.0 Å². The number of carboxylic acid groups (broad SMARTS) is 1. The quantitative estimate of drug-likeness (QED) is 0.530. The van der Waals surface area contributed by atoms with Crippen molar-refractivity contribution in [1.29, 1.82) is 0 Å². The van der Waals surface area contributed by atoms with E-state index >= 15 is 0 Å². The van der Waals surface area contributed by atoms with Gasteiger partial charge in [-0.2, -0.15) is 13.2 Å². The zero-order chi connectivity index (χ0) is 27.7. The molecule has 0 aliphatic carbocycles. The number of nitrogens with one attached hydrogen (secondary N) is 1. The van der Waals surface area contributed by atoms with Crippen LogP contribution in [0.15, 0.2) is 42.6 Å². The van der Waals surface area contributed by atoms with Gasteiger partial charge in [0.2, 0.25) is 0 Å². The first kappa shape index (κ1) is 29.6. The van der Waals surface area contributed by atoms with Crippen LogP contribution in [0.2, 0.25) is 0 Å². The number of halogens is 3. The molecule has 7 nitrogen and oxygen atoms in total. The van der Waals surface area contributed by atoms with Gasteiger partial charge in [0.15, 0.2) is 0 Å². The highest BCUT2D eigenvalue weighted by Gasteiger charge is 2.38. The molecule has 38 heavy (non-hydrogen) atoms. The van der Waals surface area contributed by atoms with E-state index in [4.69, 9.17) is 9.90 Å². The fourth-order valence-electron chi connectivity index (χ4n) is 4.73. The Morgan fingerprint density at radius 1 is 1.08 bits per heavy atom. The van der Waals surface area contributed by atoms with Crippen molar-refractivity contribution in [1.82, 2.24) is 20.1 Å². The van der Waals surface area contributed by atoms with Crippen molar-refractivity contribution in [3.63, 3.8) is 0 Å². The van der Waals surface area contributed by atoms with Crippen LogP contribution in [-0.2, 0) is 11.3 Å². The van der Waals surface area contributed by atoms with Crippen LogP contribution in [0.3, 0.4) is 0 Å². The molecule has 2 fully saturated rings. The number of likely N-dealkylation sites (tertiary alicyclic amines) is 2. The number of hydrogen-bond acceptors (Lipinski definition) is 5. The van der Waals surface area contributed by atoms with Crippen LogP contribution in [0.5, 0.6) is 0 Å². The number of carbonyl (C=O) groups is 2. The molecule has 1 amide bonds. The third-order valence-electron chi connectivity index (χ3n) is 6.78. The van der Waals surface area contributed by atoms with Crippen LogP contribution in [0.4, 0.5) is 13.2 Å². The Labute approximate surface area is 222 Å². The van der Waals surface area contributed by atoms with Crippen molar-refractivity contribution in [3.8, 4) is 11.3 Å². The summed E-state index contributed by atoms with van der Waals surface area (Å²) in [5.41, 5.74) is 3.97. The molecule has 0 radical (unpaired) electrons. The Morgan fingerprint density at radius 2 is 1.74 bits per heavy atom. The molecule has 4 rings (SSSR count). The maximum Gasteiger partial charge on any atom is 0.490 e. The predicted octanol–water partition coefficient (Wildman–Crippen LogP) is 4.83. The summed E-state index contributed by atoms with van der Waals surface area (Å²) in [7, 11) is 0. The number of alkyl halides is 3. The number of rotatable bonds is 7. The first-order valence-electron chi connectivity index (χ1n) is 13.1. The molecule has 1 aromatic carbocycles. The number of aliphatic carboxylic acids is 1. The number of hydrogen-bond donors (Lipinski definition) is 2. The van der Waals surface area contributed by atoms with E-state index in [1.165, 1.54) is 57.4 Å². The van der Waals surface area contributed by atoms with E-state index in [-0.39, 0.29) is 5.91 Å². The fraction of sp³-hybridized carbons (Fsp3) is 0.536. The van der Waals surface area contributed by atoms with Crippen molar-refractivity contribution in [3.05, 3.63) is 53.7 Å². The number of nitrogens with zero attached hydrogens (tertiary/aromatic N) is 3. The molecule has 2 aliphatic heterocycles. The molecule has 3 heterocycles. The Balaban J connectivity index is 0.000000505. The van der Waals surface area contributed by atoms with Gasteiger partial charge in [-0.3, -0.25) is 14.7 Å². The van der Waals surface area contributed by atoms with Crippen LogP contribution in [0, 0.1) is 5.92 Å². The summed E-state index contributed by atoms with van der Waals surface area (Å²) in [6, 6.07) is 13.3. The summed E-state index contributed by atoms with van der Waals surface area (Å²) >= 11 is 0. The van der Waals surface area contributed by atoms with Crippen molar-refractivity contribution >= 4 is 11.9 Å². The second-order valence-electron chi connectivity index (χ2n) is 10.3. The molecule has 1 aromatic heterocycles. The van der Waals surface area contributed by atoms with Crippen molar-refractivity contribution in [2.45, 2.75) is 58.3 Å². The summed E-state index contributed by atoms with van der Waals surface area (Å²) in [5.74, 6) is -2.38. The fourth-order valence-corrected chi connectivity index (χ4v) is 4.73. The van der Waals surface area contributed by atoms with Gasteiger partial charge in [0.25, 0.3) is 5.91 Å². The summed E-state index contributed by atoms with van der Waals surface area (Å²) < 4.78 is 31.7. The van der Waals surface area contributed by atoms with Gasteiger partial charge in [0.05, 0.1) is 11.3 Å². The average Bonchev–Trinajstić information content (AvgIpc) is 3.43. The second kappa shape index (κ2) is 13.7. The topological polar surface area (TPSA) is 85.8 Å². The molecule has 0 atom stereocenters. The lowest BCUT2D eigenvalue weighted by Crippen LogP contribution is -2.43. The third kappa shape index (κ3) is 9.09. The van der Waals surface area contributed by atoms with Gasteiger partial charge in [0, 0.05) is 30.9 Å². The molecular weight excluding hydrogens is 497 g/mol. The smallest absolute Gasteiger partial charge is 0.475 e. The first-order valence-corrected chi connectivity index (χ1v) is 13.1. The minimum Gasteiger partial charge on any atom is -0.475 e. The Kier molecular flexibility index (Phi) is 10.7. The third-order valence-corrected chi connectivity index (χ3v) is 6.78. The van der Waals surface area contributed by atoms with Gasteiger partial charge >= 0.3 is 12.1 Å². The van der Waals surface area contributed by atoms with E-state index in [0.29, 0.717) is 18.0 Å². The largest absolute Gasteiger partial charge is 0.490 e. The lowest BCUT2D eigenvalue weighted by atomic mass is 10.0. The monoisotopic (exact) mass is 534 g/mol. The lowest BCUT2D eigenvalue weighted by Gasteiger charge is -2.36. The SMILES string of the molecule is CC(C)CNC(=O)c1ccc(-c2cccc(CN3CCC(N4CCCC4)CC3)c2)nc1.O=C(O)C(F)(F)F. The summed E-state index contributed by atoms with van der Waals surface area (Å²) in [6.45, 7) is 10.8. The number of amides is 1. The molecule has 0 spiro atoms. The van der Waals surface area contributed by atoms with Gasteiger partial charge < -0.3 is 15.3 Å². The highest BCUT2D eigenvalue weighted by atomic mass is 19.4. The summed E-state index contributed by atoms with van der Waals surface area (Å²) in [6.07, 6.45) is 1.94. The first-order chi connectivity index (χ1) is 18.0. The normalized spacial score (nSPS) is 17.2. The molecule has 2 aromatic rings. The Hall–Kier alpha value is -2.98. The van der Waals surface area contributed by atoms with Crippen molar-refractivity contribution in [2.75, 3.05) is 32.7 Å². The molecule has 208 valence electrons. The van der Waals surface area contributed by atoms with Crippen LogP contribution in [0.1, 0.15) is 55.5 Å². The minimum absolute atomic E-state index is 0.0566. The number of aromatic nitrogens is 1. The Morgan fingerprint density at radius 3 is 2.29 bits per heavy atom. The highest BCUT2D eigenvalue weighted by Crippen LogP contribution is 2.24. The maximum atomic E-state index is 12.2. The summed E-state index contributed by atoms with van der Waals surface area (Å²) in [5, 5.41) is 10.1. The minimum atomic E-state index is -5.08. The van der Waals surface area contributed by atoms with Gasteiger partial charge in [0.1, 0.15) is 0 Å². The van der Waals surface area contributed by atoms with E-state index in [1.807, 2.05) is 12.1 Å². The molecule has 2 N–H and O–H groups in total. The average molecular weight is 535 g/mol. The van der Waals surface area contributed by atoms with Crippen LogP contribution < -0.4 is 5.32 Å². The lowest BCUT2D eigenvalue weighted by molar-refractivity contribution is -0.192. The predicted molar refractivity (Wildman–Crippen MR) is 140 cm³/mol. The van der Waals surface area contributed by atoms with E-state index in [2.05, 4.69) is 58.2 Å². The molecule has 0 saturated carbocycles. The number of piperidine rings is 1. The van der Waals surface area contributed by atoms with Gasteiger partial charge in [-0.15, -0.1) is 0 Å². The molecule has 2 aliphatic rings. The van der Waals surface area contributed by atoms with E-state index in [1.54, 1.807) is 6.20 Å². The van der Waals surface area contributed by atoms with Crippen LogP contribution >= 0.6 is 0 Å². The molecular formula is C28H37F3N4O3. The number of carboxylic acids is 1. The number of pyridine rings is 1. The van der Waals surface area contributed by atoms with E-state index in [9.17, 15) is 18.0 Å². The maximum absolute atomic E-state index is 12.2. The van der Waals surface area contributed by atoms with Crippen molar-refractivity contribution in [2.24, 2.45) is 5.92 Å². The van der Waals surface area contributed by atoms with Crippen LogP contribution in [-0.4, -0.2) is 76.7 Å². The number of carbonyl (C=O) groups excluding carboxylic acids is 1. The molecule has 2 saturated heterocycles. The Bertz CT molecular complexity index is 1050. The second-order valence-corrected chi connectivity index (χ2v) is 10.3. The zero-order valence-corrected chi connectivity index (χ0v) is 22.0. The molecule has 10 heteroatoms. The highest BCUT2D eigenvalue weighted by molar-refractivity contribution is 5.94. The molecule has 0 bridgehead atoms. The van der Waals surface area contributed by atoms with E-state index < -0.39 is 12.1 Å². The van der Waals surface area contributed by atoms with Gasteiger partial charge in [-0.25, -0.2) is 4.79 Å². The zero-order valence-electron chi connectivity index (χ0n) is 22.0.